The van der Waals surface area contributed by atoms with E-state index >= 15 is 0 Å². The maximum absolute atomic E-state index is 12.5. The van der Waals surface area contributed by atoms with Crippen LogP contribution in [0, 0.1) is 21.7 Å². The van der Waals surface area contributed by atoms with Crippen LogP contribution in [0.3, 0.4) is 0 Å². The summed E-state index contributed by atoms with van der Waals surface area (Å²) in [6, 6.07) is 0. The second-order valence-electron chi connectivity index (χ2n) is 11.2. The molecule has 0 aliphatic heterocycles. The third-order valence-corrected chi connectivity index (χ3v) is 5.27. The van der Waals surface area contributed by atoms with Crippen LogP contribution in [0.15, 0.2) is 12.2 Å². The first-order chi connectivity index (χ1) is 12.4. The van der Waals surface area contributed by atoms with Crippen LogP contribution >= 0.6 is 11.8 Å². The minimum absolute atomic E-state index is 0.0615. The van der Waals surface area contributed by atoms with E-state index in [-0.39, 0.29) is 39.7 Å². The fourth-order valence-electron chi connectivity index (χ4n) is 3.78. The average Bonchev–Trinajstić information content (AvgIpc) is 2.45. The number of esters is 1. The van der Waals surface area contributed by atoms with Gasteiger partial charge in [-0.1, -0.05) is 72.4 Å². The summed E-state index contributed by atoms with van der Waals surface area (Å²) < 4.78 is 5.32. The molecule has 0 rings (SSSR count). The zero-order valence-electron chi connectivity index (χ0n) is 19.6. The van der Waals surface area contributed by atoms with E-state index in [1.165, 1.54) is 6.92 Å². The van der Waals surface area contributed by atoms with Crippen molar-refractivity contribution in [2.75, 3.05) is 12.4 Å². The number of carbonyl (C=O) groups excluding carboxylic acids is 2. The van der Waals surface area contributed by atoms with Gasteiger partial charge in [-0.05, 0) is 42.9 Å². The topological polar surface area (TPSA) is 63.6 Å². The molecule has 0 amide bonds. The third kappa shape index (κ3) is 12.6. The monoisotopic (exact) mass is 414 g/mol. The van der Waals surface area contributed by atoms with Crippen LogP contribution in [0.2, 0.25) is 0 Å². The van der Waals surface area contributed by atoms with Crippen LogP contribution in [0.5, 0.6) is 0 Å². The van der Waals surface area contributed by atoms with Gasteiger partial charge in [0.05, 0.1) is 11.5 Å². The smallest absolute Gasteiger partial charge is 0.311 e. The molecule has 1 N–H and O–H groups in total. The summed E-state index contributed by atoms with van der Waals surface area (Å²) in [5.41, 5.74) is -0.503. The molecule has 0 saturated carbocycles. The number of carbonyl (C=O) groups is 2. The lowest BCUT2D eigenvalue weighted by molar-refractivity contribution is -0.158. The van der Waals surface area contributed by atoms with E-state index in [4.69, 9.17) is 4.74 Å². The molecule has 0 radical (unpaired) electrons. The Kier molecular flexibility index (Phi) is 9.99. The third-order valence-electron chi connectivity index (χ3n) is 4.31. The van der Waals surface area contributed by atoms with Crippen LogP contribution in [0.25, 0.3) is 0 Å². The first kappa shape index (κ1) is 27.2. The fourth-order valence-corrected chi connectivity index (χ4v) is 4.30. The summed E-state index contributed by atoms with van der Waals surface area (Å²) in [5.74, 6) is -0.0880. The van der Waals surface area contributed by atoms with Crippen molar-refractivity contribution in [1.29, 1.82) is 0 Å². The van der Waals surface area contributed by atoms with Gasteiger partial charge in [0, 0.05) is 12.7 Å². The lowest BCUT2D eigenvalue weighted by Gasteiger charge is -2.34. The number of aliphatic hydroxyl groups excluding tert-OH is 1. The maximum Gasteiger partial charge on any atom is 0.311 e. The van der Waals surface area contributed by atoms with Crippen molar-refractivity contribution in [1.82, 2.24) is 0 Å². The molecule has 4 nitrogen and oxygen atoms in total. The average molecular weight is 415 g/mol. The van der Waals surface area contributed by atoms with E-state index in [0.29, 0.717) is 6.42 Å². The number of allylic oxidation sites excluding steroid dienone is 2. The van der Waals surface area contributed by atoms with Crippen LogP contribution in [-0.4, -0.2) is 34.7 Å². The molecule has 0 saturated heterocycles. The first-order valence-electron chi connectivity index (χ1n) is 10.0. The zero-order valence-corrected chi connectivity index (χ0v) is 20.5. The minimum Gasteiger partial charge on any atom is -0.462 e. The number of thioether (sulfide) groups is 1. The second kappa shape index (κ2) is 10.3. The van der Waals surface area contributed by atoms with Gasteiger partial charge in [0.1, 0.15) is 6.61 Å². The molecule has 0 bridgehead atoms. The van der Waals surface area contributed by atoms with Gasteiger partial charge in [-0.25, -0.2) is 0 Å². The highest BCUT2D eigenvalue weighted by atomic mass is 32.2. The molecule has 1 unspecified atom stereocenters. The lowest BCUT2D eigenvalue weighted by atomic mass is 9.72. The van der Waals surface area contributed by atoms with Gasteiger partial charge in [0.2, 0.25) is 0 Å². The molecule has 0 aliphatic carbocycles. The van der Waals surface area contributed by atoms with Crippen LogP contribution in [-0.2, 0) is 14.3 Å². The highest BCUT2D eigenvalue weighted by Gasteiger charge is 2.35. The van der Waals surface area contributed by atoms with Crippen molar-refractivity contribution in [3.8, 4) is 0 Å². The Balaban J connectivity index is 4.84. The number of ether oxygens (including phenoxy) is 1. The van der Waals surface area contributed by atoms with E-state index in [9.17, 15) is 14.7 Å². The quantitative estimate of drug-likeness (QED) is 0.371. The van der Waals surface area contributed by atoms with Gasteiger partial charge in [-0.2, -0.15) is 0 Å². The molecule has 164 valence electrons. The number of aliphatic hydroxyl groups is 1. The molecule has 28 heavy (non-hydrogen) atoms. The number of hydrogen-bond acceptors (Lipinski definition) is 5. The zero-order chi connectivity index (χ0) is 22.4. The van der Waals surface area contributed by atoms with E-state index in [1.54, 1.807) is 0 Å². The molecule has 0 aromatic carbocycles. The molecular formula is C23H42O4S. The largest absolute Gasteiger partial charge is 0.462 e. The van der Waals surface area contributed by atoms with Gasteiger partial charge in [0.25, 0.3) is 0 Å². The molecular weight excluding hydrogens is 372 g/mol. The van der Waals surface area contributed by atoms with Gasteiger partial charge < -0.3 is 9.84 Å². The summed E-state index contributed by atoms with van der Waals surface area (Å²) in [7, 11) is 0. The Labute approximate surface area is 176 Å². The van der Waals surface area contributed by atoms with Crippen molar-refractivity contribution in [3.05, 3.63) is 12.2 Å². The van der Waals surface area contributed by atoms with Gasteiger partial charge in [0.15, 0.2) is 5.12 Å². The summed E-state index contributed by atoms with van der Waals surface area (Å²) in [5, 5.41) is 9.79. The Morgan fingerprint density at radius 2 is 1.39 bits per heavy atom. The van der Waals surface area contributed by atoms with E-state index in [2.05, 4.69) is 60.6 Å². The molecule has 0 aromatic rings. The van der Waals surface area contributed by atoms with Gasteiger partial charge in [-0.3, -0.25) is 9.59 Å². The minimum atomic E-state index is -0.834. The maximum atomic E-state index is 12.5. The number of rotatable bonds is 10. The molecule has 0 fully saturated rings. The van der Waals surface area contributed by atoms with Crippen molar-refractivity contribution in [3.63, 3.8) is 0 Å². The summed E-state index contributed by atoms with van der Waals surface area (Å²) >= 11 is 1.03. The van der Waals surface area contributed by atoms with Gasteiger partial charge in [-0.15, -0.1) is 0 Å². The summed E-state index contributed by atoms with van der Waals surface area (Å²) in [4.78, 5) is 23.5. The summed E-state index contributed by atoms with van der Waals surface area (Å²) in [6.07, 6.45) is 5.36. The fraction of sp³-hybridized carbons (Fsp3) is 0.826. The van der Waals surface area contributed by atoms with Crippen LogP contribution in [0.1, 0.15) is 82.1 Å². The van der Waals surface area contributed by atoms with Crippen molar-refractivity contribution in [2.24, 2.45) is 21.7 Å². The van der Waals surface area contributed by atoms with Crippen LogP contribution < -0.4 is 0 Å². The number of hydrogen-bond donors (Lipinski definition) is 1. The van der Waals surface area contributed by atoms with E-state index in [1.807, 2.05) is 13.8 Å². The first-order valence-corrected chi connectivity index (χ1v) is 11.0. The molecule has 0 heterocycles. The SMILES string of the molecule is CC(=O)SCC(O)COC(=O)C(C)(C)CC(C)(C)C=CC(C)(C)CC(C)(C)C. The molecule has 0 aromatic heterocycles. The normalized spacial score (nSPS) is 15.0. The molecule has 1 atom stereocenters. The van der Waals surface area contributed by atoms with Crippen molar-refractivity contribution < 1.29 is 19.4 Å². The summed E-state index contributed by atoms with van der Waals surface area (Å²) in [6.45, 7) is 20.6. The van der Waals surface area contributed by atoms with Crippen molar-refractivity contribution in [2.45, 2.75) is 88.2 Å². The predicted molar refractivity (Wildman–Crippen MR) is 119 cm³/mol. The predicted octanol–water partition coefficient (Wildman–Crippen LogP) is 5.63. The molecule has 0 aliphatic rings. The van der Waals surface area contributed by atoms with E-state index in [0.717, 1.165) is 18.2 Å². The lowest BCUT2D eigenvalue weighted by Crippen LogP contribution is -2.34. The Bertz CT molecular complexity index is 553. The highest BCUT2D eigenvalue weighted by Crippen LogP contribution is 2.39. The van der Waals surface area contributed by atoms with E-state index < -0.39 is 11.5 Å². The van der Waals surface area contributed by atoms with Crippen molar-refractivity contribution >= 4 is 22.8 Å². The molecule has 0 spiro atoms. The van der Waals surface area contributed by atoms with Crippen LogP contribution in [0.4, 0.5) is 0 Å². The Hall–Kier alpha value is -0.810. The highest BCUT2D eigenvalue weighted by molar-refractivity contribution is 8.13. The standard InChI is InChI=1S/C23H42O4S/c1-17(24)28-14-18(25)13-27-19(26)23(9,10)16-22(7,8)12-11-21(5,6)15-20(2,3)4/h11-12,18,25H,13-16H2,1-10H3. The molecule has 5 heteroatoms. The second-order valence-corrected chi connectivity index (χ2v) is 12.4. The van der Waals surface area contributed by atoms with Gasteiger partial charge >= 0.3 is 5.97 Å². The Morgan fingerprint density at radius 1 is 0.929 bits per heavy atom. The Morgan fingerprint density at radius 3 is 1.82 bits per heavy atom.